The van der Waals surface area contributed by atoms with Crippen LogP contribution in [-0.4, -0.2) is 45.7 Å². The fourth-order valence-electron chi connectivity index (χ4n) is 1.43. The molecule has 8 heteroatoms. The van der Waals surface area contributed by atoms with Crippen LogP contribution >= 0.6 is 11.8 Å². The molecule has 2 aromatic rings. The molecule has 2 heterocycles. The van der Waals surface area contributed by atoms with Crippen LogP contribution in [0.1, 0.15) is 5.56 Å². The minimum atomic E-state index is -0.360. The first kappa shape index (κ1) is 13.9. The third-order valence-corrected chi connectivity index (χ3v) is 3.47. The number of aromatic nitrogens is 5. The molecule has 2 aromatic heterocycles. The molecule has 0 spiro atoms. The second-order valence-corrected chi connectivity index (χ2v) is 4.64. The van der Waals surface area contributed by atoms with Crippen LogP contribution in [0.15, 0.2) is 29.7 Å². The lowest BCUT2D eigenvalue weighted by Crippen LogP contribution is -2.21. The van der Waals surface area contributed by atoms with Gasteiger partial charge in [-0.2, -0.15) is 0 Å². The Labute approximate surface area is 115 Å². The smallest absolute Gasteiger partial charge is 0.209 e. The van der Waals surface area contributed by atoms with E-state index in [1.165, 1.54) is 0 Å². The van der Waals surface area contributed by atoms with Gasteiger partial charge in [-0.05, 0) is 22.1 Å². The van der Waals surface area contributed by atoms with Gasteiger partial charge in [-0.15, -0.1) is 5.10 Å². The molecule has 102 valence electrons. The topological polar surface area (TPSA) is 75.0 Å². The molecule has 0 aliphatic carbocycles. The SMILES string of the molecule is COC(Cn1nnnc1SCc1cccnc1)OC. The Bertz CT molecular complexity index is 489. The number of methoxy groups -OCH3 is 2. The molecule has 0 saturated carbocycles. The second kappa shape index (κ2) is 7.17. The Kier molecular flexibility index (Phi) is 5.25. The molecule has 0 aliphatic heterocycles. The Morgan fingerprint density at radius 2 is 2.21 bits per heavy atom. The van der Waals surface area contributed by atoms with Crippen molar-refractivity contribution in [3.63, 3.8) is 0 Å². The van der Waals surface area contributed by atoms with Crippen LogP contribution in [0, 0.1) is 0 Å². The molecule has 19 heavy (non-hydrogen) atoms. The van der Waals surface area contributed by atoms with Crippen LogP contribution in [0.2, 0.25) is 0 Å². The molecule has 0 unspecified atom stereocenters. The monoisotopic (exact) mass is 281 g/mol. The summed E-state index contributed by atoms with van der Waals surface area (Å²) in [6.07, 6.45) is 3.22. The van der Waals surface area contributed by atoms with Gasteiger partial charge in [0.05, 0.1) is 6.54 Å². The van der Waals surface area contributed by atoms with Gasteiger partial charge in [0.1, 0.15) is 0 Å². The molecule has 0 N–H and O–H groups in total. The van der Waals surface area contributed by atoms with Crippen LogP contribution < -0.4 is 0 Å². The van der Waals surface area contributed by atoms with Crippen molar-refractivity contribution in [1.82, 2.24) is 25.2 Å². The number of hydrogen-bond donors (Lipinski definition) is 0. The van der Waals surface area contributed by atoms with E-state index < -0.39 is 0 Å². The van der Waals surface area contributed by atoms with Crippen molar-refractivity contribution < 1.29 is 9.47 Å². The molecule has 0 atom stereocenters. The first-order chi connectivity index (χ1) is 9.33. The summed E-state index contributed by atoms with van der Waals surface area (Å²) >= 11 is 1.55. The number of hydrogen-bond acceptors (Lipinski definition) is 7. The summed E-state index contributed by atoms with van der Waals surface area (Å²) < 4.78 is 11.9. The van der Waals surface area contributed by atoms with E-state index in [2.05, 4.69) is 20.5 Å². The predicted molar refractivity (Wildman–Crippen MR) is 69.4 cm³/mol. The van der Waals surface area contributed by atoms with Gasteiger partial charge < -0.3 is 9.47 Å². The Morgan fingerprint density at radius 1 is 1.37 bits per heavy atom. The normalized spacial score (nSPS) is 11.1. The highest BCUT2D eigenvalue weighted by Crippen LogP contribution is 2.19. The van der Waals surface area contributed by atoms with Gasteiger partial charge in [-0.1, -0.05) is 17.8 Å². The van der Waals surface area contributed by atoms with Crippen molar-refractivity contribution in [3.05, 3.63) is 30.1 Å². The van der Waals surface area contributed by atoms with Gasteiger partial charge in [-0.25, -0.2) is 4.68 Å². The molecule has 0 radical (unpaired) electrons. The lowest BCUT2D eigenvalue weighted by molar-refractivity contribution is -0.113. The fraction of sp³-hybridized carbons (Fsp3) is 0.455. The van der Waals surface area contributed by atoms with Crippen LogP contribution in [0.4, 0.5) is 0 Å². The maximum Gasteiger partial charge on any atom is 0.209 e. The Hall–Kier alpha value is -1.51. The van der Waals surface area contributed by atoms with Crippen molar-refractivity contribution in [2.24, 2.45) is 0 Å². The number of rotatable bonds is 7. The zero-order valence-electron chi connectivity index (χ0n) is 10.8. The van der Waals surface area contributed by atoms with Gasteiger partial charge in [0.2, 0.25) is 5.16 Å². The van der Waals surface area contributed by atoms with E-state index >= 15 is 0 Å². The maximum atomic E-state index is 5.13. The number of thioether (sulfide) groups is 1. The lowest BCUT2D eigenvalue weighted by atomic mass is 10.3. The summed E-state index contributed by atoms with van der Waals surface area (Å²) in [7, 11) is 3.17. The van der Waals surface area contributed by atoms with Crippen molar-refractivity contribution in [3.8, 4) is 0 Å². The number of tetrazole rings is 1. The fourth-order valence-corrected chi connectivity index (χ4v) is 2.25. The zero-order chi connectivity index (χ0) is 13.5. The van der Waals surface area contributed by atoms with E-state index in [0.29, 0.717) is 6.54 Å². The van der Waals surface area contributed by atoms with E-state index in [0.717, 1.165) is 16.5 Å². The van der Waals surface area contributed by atoms with Gasteiger partial charge in [0, 0.05) is 32.4 Å². The van der Waals surface area contributed by atoms with Crippen molar-refractivity contribution >= 4 is 11.8 Å². The average Bonchev–Trinajstić information content (AvgIpc) is 2.91. The van der Waals surface area contributed by atoms with Gasteiger partial charge in [0.25, 0.3) is 0 Å². The maximum absolute atomic E-state index is 5.13. The van der Waals surface area contributed by atoms with E-state index in [-0.39, 0.29) is 6.29 Å². The van der Waals surface area contributed by atoms with Crippen LogP contribution in [-0.2, 0) is 21.8 Å². The highest BCUT2D eigenvalue weighted by atomic mass is 32.2. The zero-order valence-corrected chi connectivity index (χ0v) is 11.6. The van der Waals surface area contributed by atoms with Crippen LogP contribution in [0.3, 0.4) is 0 Å². The van der Waals surface area contributed by atoms with E-state index in [9.17, 15) is 0 Å². The Morgan fingerprint density at radius 3 is 2.89 bits per heavy atom. The molecule has 0 saturated heterocycles. The molecule has 0 aliphatic rings. The third kappa shape index (κ3) is 3.98. The third-order valence-electron chi connectivity index (χ3n) is 2.44. The van der Waals surface area contributed by atoms with Gasteiger partial charge >= 0.3 is 0 Å². The Balaban J connectivity index is 1.96. The van der Waals surface area contributed by atoms with Crippen molar-refractivity contribution in [2.75, 3.05) is 14.2 Å². The molecular formula is C11H15N5O2S. The minimum Gasteiger partial charge on any atom is -0.354 e. The highest BCUT2D eigenvalue weighted by molar-refractivity contribution is 7.98. The molecule has 0 amide bonds. The number of ether oxygens (including phenoxy) is 2. The molecule has 2 rings (SSSR count). The largest absolute Gasteiger partial charge is 0.354 e. The molecule has 7 nitrogen and oxygen atoms in total. The average molecular weight is 281 g/mol. The van der Waals surface area contributed by atoms with Crippen molar-refractivity contribution in [1.29, 1.82) is 0 Å². The summed E-state index contributed by atoms with van der Waals surface area (Å²) in [6.45, 7) is 0.454. The van der Waals surface area contributed by atoms with Crippen LogP contribution in [0.25, 0.3) is 0 Å². The van der Waals surface area contributed by atoms with Gasteiger partial charge in [-0.3, -0.25) is 4.98 Å². The molecule has 0 bridgehead atoms. The summed E-state index contributed by atoms with van der Waals surface area (Å²) in [4.78, 5) is 4.07. The predicted octanol–water partition coefficient (Wildman–Crippen LogP) is 0.979. The summed E-state index contributed by atoms with van der Waals surface area (Å²) in [5, 5.41) is 12.3. The number of pyridine rings is 1. The quantitative estimate of drug-likeness (QED) is 0.553. The minimum absolute atomic E-state index is 0.360. The van der Waals surface area contributed by atoms with E-state index in [4.69, 9.17) is 9.47 Å². The summed E-state index contributed by atoms with van der Waals surface area (Å²) in [6, 6.07) is 3.92. The summed E-state index contributed by atoms with van der Waals surface area (Å²) in [5.41, 5.74) is 1.12. The standard InChI is InChI=1S/C11H15N5O2S/c1-17-10(18-2)7-16-11(13-14-15-16)19-8-9-4-3-5-12-6-9/h3-6,10H,7-8H2,1-2H3. The summed E-state index contributed by atoms with van der Waals surface area (Å²) in [5.74, 6) is 0.763. The van der Waals surface area contributed by atoms with Gasteiger partial charge in [0.15, 0.2) is 6.29 Å². The molecule has 0 aromatic carbocycles. The van der Waals surface area contributed by atoms with E-state index in [1.807, 2.05) is 18.3 Å². The highest BCUT2D eigenvalue weighted by Gasteiger charge is 2.12. The lowest BCUT2D eigenvalue weighted by Gasteiger charge is -2.13. The van der Waals surface area contributed by atoms with Crippen molar-refractivity contribution in [2.45, 2.75) is 23.7 Å². The second-order valence-electron chi connectivity index (χ2n) is 3.69. The molecular weight excluding hydrogens is 266 g/mol. The number of nitrogens with zero attached hydrogens (tertiary/aromatic N) is 5. The van der Waals surface area contributed by atoms with Crippen LogP contribution in [0.5, 0.6) is 0 Å². The first-order valence-corrected chi connectivity index (χ1v) is 6.65. The van der Waals surface area contributed by atoms with E-state index in [1.54, 1.807) is 36.9 Å². The molecule has 0 fully saturated rings. The first-order valence-electron chi connectivity index (χ1n) is 5.67.